The molecule has 5 heteroatoms. The Labute approximate surface area is 127 Å². The molecule has 0 radical (unpaired) electrons. The summed E-state index contributed by atoms with van der Waals surface area (Å²) in [6, 6.07) is 10.7. The lowest BCUT2D eigenvalue weighted by Gasteiger charge is -2.11. The van der Waals surface area contributed by atoms with Gasteiger partial charge < -0.3 is 11.1 Å². The normalized spacial score (nSPS) is 10.3. The summed E-state index contributed by atoms with van der Waals surface area (Å²) >= 11 is 11.9. The van der Waals surface area contributed by atoms with Crippen LogP contribution < -0.4 is 11.1 Å². The summed E-state index contributed by atoms with van der Waals surface area (Å²) in [6.07, 6.45) is 0. The second kappa shape index (κ2) is 6.16. The maximum Gasteiger partial charge on any atom is 0.248 e. The van der Waals surface area contributed by atoms with Gasteiger partial charge in [-0.3, -0.25) is 4.79 Å². The summed E-state index contributed by atoms with van der Waals surface area (Å²) in [5, 5.41) is 4.49. The number of carbonyl (C=O) groups is 1. The molecule has 2 aromatic carbocycles. The van der Waals surface area contributed by atoms with E-state index < -0.39 is 5.91 Å². The predicted molar refractivity (Wildman–Crippen MR) is 83.5 cm³/mol. The van der Waals surface area contributed by atoms with Gasteiger partial charge in [-0.05, 0) is 54.4 Å². The van der Waals surface area contributed by atoms with Crippen molar-refractivity contribution >= 4 is 34.8 Å². The minimum absolute atomic E-state index is 0.429. The van der Waals surface area contributed by atoms with E-state index in [4.69, 9.17) is 28.9 Å². The number of anilines is 1. The maximum atomic E-state index is 11.1. The Bertz CT molecular complexity index is 636. The van der Waals surface area contributed by atoms with E-state index in [1.54, 1.807) is 18.2 Å². The van der Waals surface area contributed by atoms with Crippen LogP contribution in [0.3, 0.4) is 0 Å². The maximum absolute atomic E-state index is 11.1. The molecule has 1 amide bonds. The molecule has 0 saturated heterocycles. The Morgan fingerprint density at radius 2 is 1.80 bits per heavy atom. The fourth-order valence-electron chi connectivity index (χ4n) is 1.93. The lowest BCUT2D eigenvalue weighted by molar-refractivity contribution is 0.1000. The number of halogens is 2. The predicted octanol–water partition coefficient (Wildman–Crippen LogP) is 4.01. The van der Waals surface area contributed by atoms with Crippen molar-refractivity contribution in [1.82, 2.24) is 0 Å². The molecule has 0 spiro atoms. The largest absolute Gasteiger partial charge is 0.381 e. The quantitative estimate of drug-likeness (QED) is 0.896. The van der Waals surface area contributed by atoms with Gasteiger partial charge in [-0.1, -0.05) is 23.2 Å². The van der Waals surface area contributed by atoms with E-state index in [1.165, 1.54) is 0 Å². The average molecular weight is 309 g/mol. The molecule has 0 unspecified atom stereocenters. The molecule has 0 atom stereocenters. The molecule has 0 saturated carbocycles. The Morgan fingerprint density at radius 1 is 1.15 bits per heavy atom. The molecular formula is C15H14Cl2N2O. The van der Waals surface area contributed by atoms with Gasteiger partial charge in [0.15, 0.2) is 0 Å². The van der Waals surface area contributed by atoms with Crippen LogP contribution in [0.2, 0.25) is 10.0 Å². The van der Waals surface area contributed by atoms with E-state index in [0.29, 0.717) is 22.2 Å². The zero-order valence-corrected chi connectivity index (χ0v) is 12.4. The summed E-state index contributed by atoms with van der Waals surface area (Å²) in [7, 11) is 0. The van der Waals surface area contributed by atoms with Crippen molar-refractivity contribution < 1.29 is 4.79 Å². The Morgan fingerprint density at radius 3 is 2.35 bits per heavy atom. The van der Waals surface area contributed by atoms with Crippen LogP contribution in [0, 0.1) is 6.92 Å². The summed E-state index contributed by atoms with van der Waals surface area (Å²) in [4.78, 5) is 11.1. The van der Waals surface area contributed by atoms with Gasteiger partial charge in [0.1, 0.15) is 0 Å². The molecule has 2 aromatic rings. The van der Waals surface area contributed by atoms with Crippen LogP contribution in [0.25, 0.3) is 0 Å². The minimum atomic E-state index is -0.429. The Hall–Kier alpha value is -1.71. The summed E-state index contributed by atoms with van der Waals surface area (Å²) in [6.45, 7) is 2.51. The highest BCUT2D eigenvalue weighted by Crippen LogP contribution is 2.21. The van der Waals surface area contributed by atoms with Crippen LogP contribution in [-0.2, 0) is 6.54 Å². The van der Waals surface area contributed by atoms with Crippen LogP contribution >= 0.6 is 23.2 Å². The molecular weight excluding hydrogens is 295 g/mol. The first-order valence-corrected chi connectivity index (χ1v) is 6.80. The number of hydrogen-bond acceptors (Lipinski definition) is 2. The Kier molecular flexibility index (Phi) is 4.53. The van der Waals surface area contributed by atoms with Gasteiger partial charge in [0.05, 0.1) is 0 Å². The first kappa shape index (κ1) is 14.7. The number of amides is 1. The summed E-state index contributed by atoms with van der Waals surface area (Å²) in [5.41, 5.74) is 8.62. The smallest absolute Gasteiger partial charge is 0.248 e. The SMILES string of the molecule is Cc1cc(C(N)=O)ccc1NCc1cc(Cl)cc(Cl)c1. The molecule has 2 rings (SSSR count). The van der Waals surface area contributed by atoms with Crippen LogP contribution in [0.1, 0.15) is 21.5 Å². The fourth-order valence-corrected chi connectivity index (χ4v) is 2.50. The standard InChI is InChI=1S/C15H14Cl2N2O/c1-9-4-11(15(18)20)2-3-14(9)19-8-10-5-12(16)7-13(17)6-10/h2-7,19H,8H2,1H3,(H2,18,20). The zero-order chi connectivity index (χ0) is 14.7. The summed E-state index contributed by atoms with van der Waals surface area (Å²) < 4.78 is 0. The van der Waals surface area contributed by atoms with E-state index in [9.17, 15) is 4.79 Å². The lowest BCUT2D eigenvalue weighted by atomic mass is 10.1. The monoisotopic (exact) mass is 308 g/mol. The van der Waals surface area contributed by atoms with E-state index >= 15 is 0 Å². The second-order valence-electron chi connectivity index (χ2n) is 4.53. The number of rotatable bonds is 4. The molecule has 0 aliphatic heterocycles. The molecule has 0 aliphatic rings. The molecule has 3 nitrogen and oxygen atoms in total. The van der Waals surface area contributed by atoms with Crippen LogP contribution in [0.5, 0.6) is 0 Å². The number of benzene rings is 2. The van der Waals surface area contributed by atoms with Crippen molar-refractivity contribution in [3.05, 3.63) is 63.1 Å². The summed E-state index contributed by atoms with van der Waals surface area (Å²) in [5.74, 6) is -0.429. The van der Waals surface area contributed by atoms with E-state index in [-0.39, 0.29) is 0 Å². The van der Waals surface area contributed by atoms with E-state index in [2.05, 4.69) is 5.32 Å². The van der Waals surface area contributed by atoms with Crippen LogP contribution in [-0.4, -0.2) is 5.91 Å². The zero-order valence-electron chi connectivity index (χ0n) is 10.9. The Balaban J connectivity index is 2.12. The molecule has 20 heavy (non-hydrogen) atoms. The van der Waals surface area contributed by atoms with Crippen molar-refractivity contribution in [2.24, 2.45) is 5.73 Å². The lowest BCUT2D eigenvalue weighted by Crippen LogP contribution is -2.11. The number of aryl methyl sites for hydroxylation is 1. The third kappa shape index (κ3) is 3.65. The first-order chi connectivity index (χ1) is 9.45. The fraction of sp³-hybridized carbons (Fsp3) is 0.133. The highest BCUT2D eigenvalue weighted by molar-refractivity contribution is 6.34. The highest BCUT2D eigenvalue weighted by atomic mass is 35.5. The molecule has 104 valence electrons. The van der Waals surface area contributed by atoms with E-state index in [0.717, 1.165) is 16.8 Å². The van der Waals surface area contributed by atoms with Crippen molar-refractivity contribution in [2.75, 3.05) is 5.32 Å². The van der Waals surface area contributed by atoms with Gasteiger partial charge >= 0.3 is 0 Å². The van der Waals surface area contributed by atoms with Gasteiger partial charge in [0, 0.05) is 27.8 Å². The van der Waals surface area contributed by atoms with Crippen LogP contribution in [0.4, 0.5) is 5.69 Å². The third-order valence-electron chi connectivity index (χ3n) is 2.92. The number of carbonyl (C=O) groups excluding carboxylic acids is 1. The highest BCUT2D eigenvalue weighted by Gasteiger charge is 2.04. The minimum Gasteiger partial charge on any atom is -0.381 e. The second-order valence-corrected chi connectivity index (χ2v) is 5.40. The molecule has 0 aliphatic carbocycles. The number of primary amides is 1. The van der Waals surface area contributed by atoms with Crippen LogP contribution in [0.15, 0.2) is 36.4 Å². The van der Waals surface area contributed by atoms with E-state index in [1.807, 2.05) is 25.1 Å². The first-order valence-electron chi connectivity index (χ1n) is 6.05. The van der Waals surface area contributed by atoms with Gasteiger partial charge in [-0.15, -0.1) is 0 Å². The van der Waals surface area contributed by atoms with Crippen molar-refractivity contribution in [3.63, 3.8) is 0 Å². The number of nitrogens with two attached hydrogens (primary N) is 1. The van der Waals surface area contributed by atoms with Crippen molar-refractivity contribution in [2.45, 2.75) is 13.5 Å². The van der Waals surface area contributed by atoms with Gasteiger partial charge in [-0.25, -0.2) is 0 Å². The topological polar surface area (TPSA) is 55.1 Å². The molecule has 3 N–H and O–H groups in total. The molecule has 0 fully saturated rings. The van der Waals surface area contributed by atoms with Crippen molar-refractivity contribution in [1.29, 1.82) is 0 Å². The average Bonchev–Trinajstić information content (AvgIpc) is 2.36. The van der Waals surface area contributed by atoms with Gasteiger partial charge in [0.2, 0.25) is 5.91 Å². The number of hydrogen-bond donors (Lipinski definition) is 2. The van der Waals surface area contributed by atoms with Gasteiger partial charge in [-0.2, -0.15) is 0 Å². The molecule has 0 heterocycles. The number of nitrogens with one attached hydrogen (secondary N) is 1. The molecule has 0 bridgehead atoms. The van der Waals surface area contributed by atoms with Crippen molar-refractivity contribution in [3.8, 4) is 0 Å². The van der Waals surface area contributed by atoms with Gasteiger partial charge in [0.25, 0.3) is 0 Å². The molecule has 0 aromatic heterocycles. The third-order valence-corrected chi connectivity index (χ3v) is 3.35.